The van der Waals surface area contributed by atoms with Crippen LogP contribution in [0.4, 0.5) is 62.8 Å². The standard InChI is InChI=1S/C33H31F6N5O3S.C33H28F5N3O2.C32H28F2N4O2/c1-2-3-11-41-48(46,47)22-8-6-19(7-9-22)23-5-4-10-40-29(23)26(14-18-12-20(34)15-21(35)13-18)42-27(45)17-44-31-28(30(43-44)32(36)37)24-16-25(24)33(31,38)39;1-17(42)27-13-19(5-7-29(27)36)25-3-2-8-39-30(25)21(9-18-10-22(34)15-23(35)11-18)12-24(43)16-41-32-26(31(40-41)33(37)38)6-4-20-14-28(20)32;1-19-12-21(14-25(34)13-19)15-30(38-31(40)16-23-18-36-29-10-7-24(33)17-28(23)29)32-27(4-3-11-35-32)22-5-8-26(9-6-22)37-20(2)39/h4-10,12-13,15,24-26,32,41H,2-3,11,14,16-17H2,1H3,(H,42,45);2-3,5,7-8,10-11,13,15,20-21,28,33H,4,6,9,12,14,16H2,1H3;3-14,17-18,30,36H,15-16H2,1-2H3,(H,37,39)(H,38,40)/t24?,25?,26-;20?,21-,28?;30-/m010/s1. The second-order valence-electron chi connectivity index (χ2n) is 33.3. The largest absolute Gasteiger partial charge is 0.361 e. The van der Waals surface area contributed by atoms with E-state index in [0.29, 0.717) is 103 Å². The molecule has 6 heterocycles. The number of nitrogens with one attached hydrogen (secondary N) is 5. The van der Waals surface area contributed by atoms with Gasteiger partial charge in [-0.05, 0) is 231 Å². The number of ketones is 2. The lowest BCUT2D eigenvalue weighted by Gasteiger charge is -2.22. The van der Waals surface area contributed by atoms with Crippen LogP contribution in [0.2, 0.25) is 0 Å². The summed E-state index contributed by atoms with van der Waals surface area (Å²) < 4.78 is 215. The molecule has 5 N–H and O–H groups in total. The number of aromatic amines is 1. The number of alkyl halides is 6. The third-order valence-corrected chi connectivity index (χ3v) is 25.2. The number of aromatic nitrogens is 8. The Morgan fingerprint density at radius 1 is 0.573 bits per heavy atom. The second kappa shape index (κ2) is 39.2. The molecule has 19 nitrogen and oxygen atoms in total. The zero-order valence-corrected chi connectivity index (χ0v) is 71.8. The molecule has 4 aliphatic carbocycles. The van der Waals surface area contributed by atoms with Crippen molar-refractivity contribution in [1.82, 2.24) is 54.9 Å². The molecule has 0 bridgehead atoms. The number of halogens is 13. The van der Waals surface area contributed by atoms with Crippen molar-refractivity contribution in [2.75, 3.05) is 11.9 Å². The van der Waals surface area contributed by atoms with Crippen molar-refractivity contribution in [2.24, 2.45) is 11.8 Å². The molecule has 13 aromatic rings. The van der Waals surface area contributed by atoms with Crippen molar-refractivity contribution in [3.8, 4) is 33.4 Å². The molecular formula is C98H87F13N12O7S. The van der Waals surface area contributed by atoms with Crippen LogP contribution < -0.4 is 20.7 Å². The predicted molar refractivity (Wildman–Crippen MR) is 463 cm³/mol. The third kappa shape index (κ3) is 21.4. The van der Waals surface area contributed by atoms with E-state index in [0.717, 1.165) is 65.2 Å². The van der Waals surface area contributed by atoms with Crippen LogP contribution in [-0.2, 0) is 80.3 Å². The van der Waals surface area contributed by atoms with Crippen molar-refractivity contribution >= 4 is 55.9 Å². The first kappa shape index (κ1) is 92.4. The van der Waals surface area contributed by atoms with E-state index < -0.39 is 117 Å². The van der Waals surface area contributed by atoms with E-state index in [-0.39, 0.29) is 113 Å². The fourth-order valence-electron chi connectivity index (χ4n) is 17.8. The number of rotatable bonds is 31. The maximum atomic E-state index is 15.1. The minimum absolute atomic E-state index is 0.0235. The van der Waals surface area contributed by atoms with E-state index in [1.54, 1.807) is 67.0 Å². The molecule has 0 radical (unpaired) electrons. The predicted octanol–water partition coefficient (Wildman–Crippen LogP) is 20.5. The van der Waals surface area contributed by atoms with Gasteiger partial charge in [0.1, 0.15) is 64.3 Å². The van der Waals surface area contributed by atoms with Gasteiger partial charge in [-0.1, -0.05) is 67.9 Å². The lowest BCUT2D eigenvalue weighted by atomic mass is 9.86. The Kier molecular flexibility index (Phi) is 27.6. The number of aryl methyl sites for hydroxylation is 1. The average molecular weight is 1820 g/mol. The number of anilines is 1. The van der Waals surface area contributed by atoms with Crippen molar-refractivity contribution in [3.05, 3.63) is 326 Å². The number of pyridine rings is 3. The molecule has 0 saturated heterocycles. The minimum atomic E-state index is -3.77. The van der Waals surface area contributed by atoms with Gasteiger partial charge in [0.25, 0.3) is 18.8 Å². The lowest BCUT2D eigenvalue weighted by molar-refractivity contribution is -0.123. The van der Waals surface area contributed by atoms with E-state index in [9.17, 15) is 80.7 Å². The zero-order chi connectivity index (χ0) is 93.0. The number of fused-ring (bicyclic) bond motifs is 7. The van der Waals surface area contributed by atoms with E-state index in [1.165, 1.54) is 97.7 Å². The highest BCUT2D eigenvalue weighted by Crippen LogP contribution is 2.68. The molecule has 4 unspecified atom stereocenters. The van der Waals surface area contributed by atoms with Crippen LogP contribution in [0.15, 0.2) is 206 Å². The maximum Gasteiger partial charge on any atom is 0.293 e. The number of unbranched alkanes of at least 4 members (excludes halogenated alkanes) is 1. The van der Waals surface area contributed by atoms with Gasteiger partial charge in [0.05, 0.1) is 52.6 Å². The van der Waals surface area contributed by atoms with Crippen molar-refractivity contribution in [1.29, 1.82) is 0 Å². The molecule has 17 rings (SSSR count). The molecule has 2 saturated carbocycles. The summed E-state index contributed by atoms with van der Waals surface area (Å²) >= 11 is 0. The molecule has 3 amide bonds. The first-order valence-electron chi connectivity index (χ1n) is 42.4. The lowest BCUT2D eigenvalue weighted by Crippen LogP contribution is -2.35. The Hall–Kier alpha value is -13.3. The summed E-state index contributed by atoms with van der Waals surface area (Å²) in [5.74, 6) is -12.2. The van der Waals surface area contributed by atoms with E-state index in [1.807, 2.05) is 44.2 Å². The molecule has 0 aliphatic heterocycles. The van der Waals surface area contributed by atoms with Gasteiger partial charge in [0.2, 0.25) is 27.7 Å². The van der Waals surface area contributed by atoms with Crippen LogP contribution in [0.25, 0.3) is 44.3 Å². The first-order chi connectivity index (χ1) is 62.6. The topological polar surface area (TPSA) is 258 Å². The summed E-state index contributed by atoms with van der Waals surface area (Å²) in [7, 11) is -3.77. The fourth-order valence-corrected chi connectivity index (χ4v) is 18.9. The molecule has 7 atom stereocenters. The molecule has 131 heavy (non-hydrogen) atoms. The van der Waals surface area contributed by atoms with Crippen molar-refractivity contribution in [2.45, 2.75) is 165 Å². The summed E-state index contributed by atoms with van der Waals surface area (Å²) in [6.07, 6.45) is 4.25. The first-order valence-corrected chi connectivity index (χ1v) is 43.9. The van der Waals surface area contributed by atoms with E-state index in [4.69, 9.17) is 0 Å². The molecule has 33 heteroatoms. The van der Waals surface area contributed by atoms with Crippen LogP contribution in [-0.4, -0.2) is 83.7 Å². The van der Waals surface area contributed by atoms with Gasteiger partial charge >= 0.3 is 0 Å². The number of nitrogens with zero attached hydrogens (tertiary/aromatic N) is 7. The molecule has 678 valence electrons. The number of Topliss-reactive ketones (excluding diaryl/α,β-unsaturated/α-hetero) is 2. The fraction of sp³-hybridized carbons (Fsp3) is 0.286. The molecule has 2 fully saturated rings. The van der Waals surface area contributed by atoms with Gasteiger partial charge in [-0.15, -0.1) is 0 Å². The Balaban J connectivity index is 0.000000151. The highest BCUT2D eigenvalue weighted by Gasteiger charge is 2.67. The summed E-state index contributed by atoms with van der Waals surface area (Å²) in [4.78, 5) is 80.6. The number of benzene rings is 7. The quantitative estimate of drug-likeness (QED) is 0.0154. The normalized spacial score (nSPS) is 16.2. The molecular weight excluding hydrogens is 1740 g/mol. The van der Waals surface area contributed by atoms with Crippen LogP contribution in [0, 0.1) is 59.5 Å². The highest BCUT2D eigenvalue weighted by atomic mass is 32.2. The number of sulfonamides is 1. The van der Waals surface area contributed by atoms with E-state index >= 15 is 8.78 Å². The number of hydrogen-bond donors (Lipinski definition) is 5. The van der Waals surface area contributed by atoms with E-state index in [2.05, 4.69) is 50.8 Å². The van der Waals surface area contributed by atoms with Gasteiger partial charge in [-0.2, -0.15) is 19.0 Å². The van der Waals surface area contributed by atoms with Gasteiger partial charge in [0, 0.05) is 125 Å². The minimum Gasteiger partial charge on any atom is -0.361 e. The summed E-state index contributed by atoms with van der Waals surface area (Å²) in [5.41, 5.74) is 8.04. The molecule has 0 spiro atoms. The van der Waals surface area contributed by atoms with Crippen molar-refractivity contribution < 1.29 is 89.5 Å². The van der Waals surface area contributed by atoms with Crippen LogP contribution in [0.3, 0.4) is 0 Å². The zero-order valence-electron chi connectivity index (χ0n) is 71.0. The Morgan fingerprint density at radius 3 is 1.72 bits per heavy atom. The van der Waals surface area contributed by atoms with Crippen LogP contribution in [0.1, 0.15) is 191 Å². The molecule has 4 aliphatic rings. The Morgan fingerprint density at radius 2 is 1.13 bits per heavy atom. The van der Waals surface area contributed by atoms with Gasteiger partial charge in [-0.3, -0.25) is 48.3 Å². The Labute approximate surface area is 744 Å². The number of hydrogen-bond acceptors (Lipinski definition) is 12. The van der Waals surface area contributed by atoms with Crippen LogP contribution in [0.5, 0.6) is 0 Å². The monoisotopic (exact) mass is 1820 g/mol. The molecule has 6 aromatic heterocycles. The second-order valence-corrected chi connectivity index (χ2v) is 35.1. The number of carbonyl (C=O) groups is 5. The Bertz CT molecular complexity index is 6570. The van der Waals surface area contributed by atoms with Crippen molar-refractivity contribution in [3.63, 3.8) is 0 Å². The average Bonchev–Trinajstić information content (AvgIpc) is 1.52. The number of carbonyl (C=O) groups excluding carboxylic acids is 5. The van der Waals surface area contributed by atoms with Crippen LogP contribution >= 0.6 is 0 Å². The smallest absolute Gasteiger partial charge is 0.293 e. The van der Waals surface area contributed by atoms with Gasteiger partial charge in [-0.25, -0.2) is 61.4 Å². The van der Waals surface area contributed by atoms with Gasteiger partial charge in [0.15, 0.2) is 11.6 Å². The number of H-pyrrole nitrogens is 1. The SMILES string of the molecule is CC(=O)Nc1ccc(-c2cccnc2[C@H](Cc2cc(C)cc(F)c2)NC(=O)Cc2c[nH]c3ccc(F)cc23)cc1.CC(=O)c1cc(-c2cccnc2[C@@H](CC(=O)Cn2nc(C(F)F)c3c2C2CC2CC3)Cc2cc(F)cc(F)c2)ccc1F.CCCCNS(=O)(=O)c1ccc(-c2cccnc2[C@H](Cc2cc(F)cc(F)c2)NC(=O)Cn2nc(C(F)F)c3c2C(F)(F)C2CC32)cc1. The third-order valence-electron chi connectivity index (χ3n) is 23.7. The summed E-state index contributed by atoms with van der Waals surface area (Å²) in [6.45, 7) is 5.68. The highest BCUT2D eigenvalue weighted by molar-refractivity contribution is 7.89. The van der Waals surface area contributed by atoms with Gasteiger partial charge < -0.3 is 20.9 Å². The summed E-state index contributed by atoms with van der Waals surface area (Å²) in [6, 6.07) is 41.1. The molecule has 7 aromatic carbocycles. The number of amides is 3. The summed E-state index contributed by atoms with van der Waals surface area (Å²) in [5, 5.41) is 17.0. The maximum absolute atomic E-state index is 15.1.